The summed E-state index contributed by atoms with van der Waals surface area (Å²) in [5.41, 5.74) is 3.11. The summed E-state index contributed by atoms with van der Waals surface area (Å²) in [7, 11) is 0. The van der Waals surface area contributed by atoms with E-state index in [0.29, 0.717) is 11.0 Å². The van der Waals surface area contributed by atoms with Crippen molar-refractivity contribution in [1.82, 2.24) is 9.97 Å². The second-order valence-corrected chi connectivity index (χ2v) is 5.68. The molecule has 112 valence electrons. The number of hydrogen-bond acceptors (Lipinski definition) is 2. The number of aromatic nitrogens is 2. The van der Waals surface area contributed by atoms with Crippen LogP contribution in [0.15, 0.2) is 71.7 Å². The van der Waals surface area contributed by atoms with Gasteiger partial charge in [0.15, 0.2) is 0 Å². The van der Waals surface area contributed by atoms with Crippen LogP contribution in [-0.4, -0.2) is 9.97 Å². The highest BCUT2D eigenvalue weighted by atomic mass is 16.1. The Morgan fingerprint density at radius 3 is 2.39 bits per heavy atom. The maximum atomic E-state index is 12.2. The number of nitrogens with one attached hydrogen (secondary N) is 1. The fourth-order valence-electron chi connectivity index (χ4n) is 3.10. The van der Waals surface area contributed by atoms with Gasteiger partial charge < -0.3 is 4.98 Å². The highest BCUT2D eigenvalue weighted by Crippen LogP contribution is 2.24. The number of H-pyrrole nitrogens is 1. The molecule has 0 amide bonds. The molecule has 3 heteroatoms. The third kappa shape index (κ3) is 2.50. The molecular weight excluding hydrogens is 284 g/mol. The number of aryl methyl sites for hydroxylation is 2. The van der Waals surface area contributed by atoms with Crippen LogP contribution < -0.4 is 5.56 Å². The first kappa shape index (κ1) is 13.7. The monoisotopic (exact) mass is 300 g/mol. The van der Waals surface area contributed by atoms with Gasteiger partial charge in [0.25, 0.3) is 5.56 Å². The fraction of sp³-hybridized carbons (Fsp3) is 0.100. The van der Waals surface area contributed by atoms with Crippen LogP contribution in [0.1, 0.15) is 11.1 Å². The quantitative estimate of drug-likeness (QED) is 0.584. The number of nitrogens with zero attached hydrogens (tertiary/aromatic N) is 1. The van der Waals surface area contributed by atoms with Gasteiger partial charge in [-0.2, -0.15) is 0 Å². The molecule has 2 heterocycles. The molecule has 0 atom stereocenters. The molecule has 0 bridgehead atoms. The molecule has 2 aromatic carbocycles. The predicted octanol–water partition coefficient (Wildman–Crippen LogP) is 3.86. The standard InChI is InChI=1S/C20H16N2O/c23-20-17-9-5-4-8-16(17)18-15(12-13-21-19(18)22-20)11-10-14-6-2-1-3-7-14/h1-9,12-13H,10-11H2,(H,21,22,23). The Kier molecular flexibility index (Phi) is 3.39. The van der Waals surface area contributed by atoms with E-state index in [-0.39, 0.29) is 5.56 Å². The number of hydrogen-bond donors (Lipinski definition) is 1. The van der Waals surface area contributed by atoms with Gasteiger partial charge in [-0.05, 0) is 41.5 Å². The second-order valence-electron chi connectivity index (χ2n) is 5.68. The molecule has 4 rings (SSSR count). The lowest BCUT2D eigenvalue weighted by Crippen LogP contribution is -2.08. The first-order valence-electron chi connectivity index (χ1n) is 7.75. The number of aromatic amines is 1. The molecular formula is C20H16N2O. The average molecular weight is 300 g/mol. The van der Waals surface area contributed by atoms with E-state index >= 15 is 0 Å². The Morgan fingerprint density at radius 1 is 0.826 bits per heavy atom. The summed E-state index contributed by atoms with van der Waals surface area (Å²) in [6, 6.07) is 20.2. The van der Waals surface area contributed by atoms with Crippen molar-refractivity contribution in [2.24, 2.45) is 0 Å². The van der Waals surface area contributed by atoms with Gasteiger partial charge in [0.2, 0.25) is 0 Å². The van der Waals surface area contributed by atoms with E-state index in [2.05, 4.69) is 40.3 Å². The van der Waals surface area contributed by atoms with E-state index < -0.39 is 0 Å². The van der Waals surface area contributed by atoms with Crippen molar-refractivity contribution < 1.29 is 0 Å². The summed E-state index contributed by atoms with van der Waals surface area (Å²) in [4.78, 5) is 19.4. The molecule has 23 heavy (non-hydrogen) atoms. The first-order chi connectivity index (χ1) is 11.3. The van der Waals surface area contributed by atoms with E-state index in [4.69, 9.17) is 0 Å². The molecule has 0 saturated carbocycles. The first-order valence-corrected chi connectivity index (χ1v) is 7.75. The molecule has 0 fully saturated rings. The minimum atomic E-state index is -0.0826. The smallest absolute Gasteiger partial charge is 0.257 e. The molecule has 0 saturated heterocycles. The Labute approximate surface area is 133 Å². The molecule has 0 aliphatic carbocycles. The lowest BCUT2D eigenvalue weighted by atomic mass is 9.99. The third-order valence-electron chi connectivity index (χ3n) is 4.24. The highest BCUT2D eigenvalue weighted by molar-refractivity contribution is 6.05. The van der Waals surface area contributed by atoms with Crippen molar-refractivity contribution in [2.45, 2.75) is 12.8 Å². The summed E-state index contributed by atoms with van der Waals surface area (Å²) in [5.74, 6) is 0. The summed E-state index contributed by atoms with van der Waals surface area (Å²) in [6.45, 7) is 0. The SMILES string of the molecule is O=c1[nH]c2nccc(CCc3ccccc3)c2c2ccccc12. The van der Waals surface area contributed by atoms with Crippen molar-refractivity contribution >= 4 is 21.8 Å². The zero-order valence-electron chi connectivity index (χ0n) is 12.6. The van der Waals surface area contributed by atoms with Gasteiger partial charge in [-0.25, -0.2) is 4.98 Å². The maximum Gasteiger partial charge on any atom is 0.257 e. The molecule has 2 aromatic heterocycles. The van der Waals surface area contributed by atoms with Crippen LogP contribution in [0, 0.1) is 0 Å². The highest BCUT2D eigenvalue weighted by Gasteiger charge is 2.09. The second kappa shape index (κ2) is 5.69. The minimum absolute atomic E-state index is 0.0826. The molecule has 0 aliphatic rings. The van der Waals surface area contributed by atoms with Crippen molar-refractivity contribution in [3.63, 3.8) is 0 Å². The van der Waals surface area contributed by atoms with Crippen molar-refractivity contribution in [2.75, 3.05) is 0 Å². The van der Waals surface area contributed by atoms with E-state index in [9.17, 15) is 4.79 Å². The van der Waals surface area contributed by atoms with Crippen molar-refractivity contribution in [1.29, 1.82) is 0 Å². The average Bonchev–Trinajstić information content (AvgIpc) is 2.61. The van der Waals surface area contributed by atoms with Crippen LogP contribution >= 0.6 is 0 Å². The van der Waals surface area contributed by atoms with Crippen molar-refractivity contribution in [3.05, 3.63) is 88.3 Å². The molecule has 1 N–H and O–H groups in total. The summed E-state index contributed by atoms with van der Waals surface area (Å²) in [6.07, 6.45) is 3.65. The van der Waals surface area contributed by atoms with Crippen LogP contribution in [0.4, 0.5) is 0 Å². The number of benzene rings is 2. The minimum Gasteiger partial charge on any atom is -0.306 e. The largest absolute Gasteiger partial charge is 0.306 e. The Balaban J connectivity index is 1.87. The summed E-state index contributed by atoms with van der Waals surface area (Å²) in [5, 5.41) is 2.75. The Hall–Kier alpha value is -2.94. The van der Waals surface area contributed by atoms with E-state index in [1.807, 2.05) is 30.3 Å². The normalized spacial score (nSPS) is 11.1. The van der Waals surface area contributed by atoms with Gasteiger partial charge in [0.1, 0.15) is 5.65 Å². The molecule has 4 aromatic rings. The summed E-state index contributed by atoms with van der Waals surface area (Å²) < 4.78 is 0. The molecule has 0 radical (unpaired) electrons. The van der Waals surface area contributed by atoms with Crippen molar-refractivity contribution in [3.8, 4) is 0 Å². The third-order valence-corrected chi connectivity index (χ3v) is 4.24. The molecule has 0 unspecified atom stereocenters. The van der Waals surface area contributed by atoms with Gasteiger partial charge in [-0.15, -0.1) is 0 Å². The predicted molar refractivity (Wildman–Crippen MR) is 93.7 cm³/mol. The van der Waals surface area contributed by atoms with E-state index in [1.165, 1.54) is 11.1 Å². The number of fused-ring (bicyclic) bond motifs is 3. The van der Waals surface area contributed by atoms with Crippen LogP contribution in [0.2, 0.25) is 0 Å². The van der Waals surface area contributed by atoms with E-state index in [0.717, 1.165) is 23.6 Å². The zero-order valence-corrected chi connectivity index (χ0v) is 12.6. The molecule has 3 nitrogen and oxygen atoms in total. The summed E-state index contributed by atoms with van der Waals surface area (Å²) >= 11 is 0. The number of rotatable bonds is 3. The van der Waals surface area contributed by atoms with Crippen LogP contribution in [0.5, 0.6) is 0 Å². The topological polar surface area (TPSA) is 45.8 Å². The molecule has 0 spiro atoms. The zero-order chi connectivity index (χ0) is 15.6. The van der Waals surface area contributed by atoms with E-state index in [1.54, 1.807) is 6.20 Å². The maximum absolute atomic E-state index is 12.2. The van der Waals surface area contributed by atoms with Gasteiger partial charge in [-0.3, -0.25) is 4.79 Å². The lowest BCUT2D eigenvalue weighted by molar-refractivity contribution is 0.966. The number of pyridine rings is 2. The van der Waals surface area contributed by atoms with Gasteiger partial charge in [-0.1, -0.05) is 48.5 Å². The Bertz CT molecular complexity index is 1040. The van der Waals surface area contributed by atoms with Gasteiger partial charge in [0.05, 0.1) is 0 Å². The lowest BCUT2D eigenvalue weighted by Gasteiger charge is -2.09. The molecule has 0 aliphatic heterocycles. The Morgan fingerprint density at radius 2 is 1.57 bits per heavy atom. The van der Waals surface area contributed by atoms with Gasteiger partial charge >= 0.3 is 0 Å². The fourth-order valence-corrected chi connectivity index (χ4v) is 3.10. The van der Waals surface area contributed by atoms with Crippen LogP contribution in [-0.2, 0) is 12.8 Å². The van der Waals surface area contributed by atoms with Crippen LogP contribution in [0.25, 0.3) is 21.8 Å². The van der Waals surface area contributed by atoms with Gasteiger partial charge in [0, 0.05) is 17.0 Å². The van der Waals surface area contributed by atoms with Crippen LogP contribution in [0.3, 0.4) is 0 Å².